The van der Waals surface area contributed by atoms with Crippen molar-refractivity contribution in [2.24, 2.45) is 10.7 Å². The minimum Gasteiger partial charge on any atom is -0.392 e. The number of piperazine rings is 1. The number of thiophene rings is 1. The molecule has 3 aromatic rings. The first-order chi connectivity index (χ1) is 21.6. The van der Waals surface area contributed by atoms with E-state index in [1.165, 1.54) is 11.3 Å². The molecular formula is C34H38ClN7O2S. The lowest BCUT2D eigenvalue weighted by Crippen LogP contribution is -2.50. The molecule has 9 nitrogen and oxygen atoms in total. The maximum atomic E-state index is 13.7. The van der Waals surface area contributed by atoms with Crippen molar-refractivity contribution >= 4 is 56.9 Å². The first-order valence-corrected chi connectivity index (χ1v) is 16.2. The summed E-state index contributed by atoms with van der Waals surface area (Å²) in [7, 11) is 0. The van der Waals surface area contributed by atoms with Gasteiger partial charge in [0.1, 0.15) is 22.7 Å². The highest BCUT2D eigenvalue weighted by atomic mass is 35.5. The summed E-state index contributed by atoms with van der Waals surface area (Å²) in [6, 6.07) is 12.6. The zero-order valence-corrected chi connectivity index (χ0v) is 27.4. The molecule has 2 aliphatic heterocycles. The molecule has 0 aliphatic carbocycles. The Morgan fingerprint density at radius 3 is 2.51 bits per heavy atom. The molecule has 3 heterocycles. The molecule has 45 heavy (non-hydrogen) atoms. The summed E-state index contributed by atoms with van der Waals surface area (Å²) in [6.07, 6.45) is 0.626. The molecule has 1 fully saturated rings. The number of aryl methyl sites for hydroxylation is 1. The van der Waals surface area contributed by atoms with E-state index in [1.807, 2.05) is 61.2 Å². The van der Waals surface area contributed by atoms with Crippen molar-refractivity contribution in [1.29, 1.82) is 10.8 Å². The molecule has 1 amide bonds. The molecule has 1 aromatic heterocycles. The highest BCUT2D eigenvalue weighted by Gasteiger charge is 2.36. The third-order valence-electron chi connectivity index (χ3n) is 8.22. The van der Waals surface area contributed by atoms with Gasteiger partial charge in [0, 0.05) is 71.4 Å². The normalized spacial score (nSPS) is 16.5. The minimum atomic E-state index is -0.763. The Bertz CT molecular complexity index is 1710. The zero-order valence-electron chi connectivity index (χ0n) is 25.8. The first kappa shape index (κ1) is 32.4. The van der Waals surface area contributed by atoms with Gasteiger partial charge in [0.15, 0.2) is 0 Å². The van der Waals surface area contributed by atoms with Gasteiger partial charge in [-0.15, -0.1) is 11.3 Å². The van der Waals surface area contributed by atoms with Crippen molar-refractivity contribution in [3.63, 3.8) is 0 Å². The van der Waals surface area contributed by atoms with Gasteiger partial charge in [0.05, 0.1) is 18.7 Å². The number of aliphatic hydroxyl groups excluding tert-OH is 1. The number of nitrogens with one attached hydrogen (secondary N) is 2. The third-order valence-corrected chi connectivity index (χ3v) is 9.66. The van der Waals surface area contributed by atoms with Gasteiger partial charge in [-0.1, -0.05) is 35.6 Å². The number of amidine groups is 2. The standard InChI is InChI=1S/C34H38ClN7O2S/c1-21-22(2)45-34-31(21)32(25-7-10-27(35)11-8-25)39-29(33(38)42(34)23(3)37)19-30(44)41-16-14-40(15-17-41)28-12-9-24(6-4-5-13-36)26(18-28)20-43/h7-12,18,29,37-38,43H,5,13-17,19-20,36H2,1-3H3/t29-/m0/s1. The minimum absolute atomic E-state index is 0.0253. The SMILES string of the molecule is CC(=N)N1C(=N)[C@H](CC(=O)N2CCN(c3ccc(C#CCCN)c(CO)c3)CC2)N=C(c2ccc(Cl)cc2)c2c1sc(C)c2C. The average Bonchev–Trinajstić information content (AvgIpc) is 3.25. The van der Waals surface area contributed by atoms with Gasteiger partial charge in [-0.3, -0.25) is 25.5 Å². The molecule has 2 aliphatic rings. The number of halogens is 1. The van der Waals surface area contributed by atoms with Crippen LogP contribution in [0.25, 0.3) is 0 Å². The van der Waals surface area contributed by atoms with Crippen LogP contribution in [0, 0.1) is 36.5 Å². The number of anilines is 2. The van der Waals surface area contributed by atoms with Crippen LogP contribution in [0.3, 0.4) is 0 Å². The number of benzene rings is 2. The first-order valence-electron chi connectivity index (χ1n) is 15.0. The summed E-state index contributed by atoms with van der Waals surface area (Å²) in [5.74, 6) is 6.36. The number of nitrogens with zero attached hydrogens (tertiary/aromatic N) is 4. The van der Waals surface area contributed by atoms with Gasteiger partial charge in [-0.05, 0) is 62.2 Å². The van der Waals surface area contributed by atoms with E-state index in [-0.39, 0.29) is 30.6 Å². The fraction of sp³-hybridized carbons (Fsp3) is 0.353. The maximum Gasteiger partial charge on any atom is 0.225 e. The van der Waals surface area contributed by atoms with E-state index in [1.54, 1.807) is 11.8 Å². The lowest BCUT2D eigenvalue weighted by atomic mass is 9.99. The number of hydrogen-bond acceptors (Lipinski definition) is 8. The molecule has 2 aromatic carbocycles. The van der Waals surface area contributed by atoms with E-state index in [0.29, 0.717) is 49.9 Å². The van der Waals surface area contributed by atoms with Crippen LogP contribution in [0.5, 0.6) is 0 Å². The van der Waals surface area contributed by atoms with Crippen molar-refractivity contribution in [3.05, 3.63) is 80.2 Å². The van der Waals surface area contributed by atoms with Crippen LogP contribution in [0.2, 0.25) is 5.02 Å². The number of carbonyl (C=O) groups is 1. The monoisotopic (exact) mass is 643 g/mol. The smallest absolute Gasteiger partial charge is 0.225 e. The Morgan fingerprint density at radius 2 is 1.87 bits per heavy atom. The molecule has 11 heteroatoms. The molecule has 1 saturated heterocycles. The van der Waals surface area contributed by atoms with Gasteiger partial charge >= 0.3 is 0 Å². The second kappa shape index (κ2) is 14.0. The van der Waals surface area contributed by atoms with Crippen LogP contribution in [-0.4, -0.2) is 72.1 Å². The van der Waals surface area contributed by atoms with Crippen LogP contribution in [0.4, 0.5) is 10.7 Å². The Morgan fingerprint density at radius 1 is 1.16 bits per heavy atom. The number of carbonyl (C=O) groups excluding carboxylic acids is 1. The number of rotatable bonds is 6. The van der Waals surface area contributed by atoms with E-state index in [0.717, 1.165) is 43.4 Å². The molecular weight excluding hydrogens is 606 g/mol. The molecule has 0 unspecified atom stereocenters. The van der Waals surface area contributed by atoms with E-state index in [9.17, 15) is 15.3 Å². The summed E-state index contributed by atoms with van der Waals surface area (Å²) in [6.45, 7) is 8.44. The molecule has 0 spiro atoms. The van der Waals surface area contributed by atoms with Crippen LogP contribution in [0.15, 0.2) is 47.5 Å². The quantitative estimate of drug-likeness (QED) is 0.171. The van der Waals surface area contributed by atoms with Gasteiger partial charge in [-0.2, -0.15) is 0 Å². The fourth-order valence-electron chi connectivity index (χ4n) is 5.66. The van der Waals surface area contributed by atoms with Crippen molar-refractivity contribution in [3.8, 4) is 11.8 Å². The van der Waals surface area contributed by atoms with Crippen LogP contribution in [-0.2, 0) is 11.4 Å². The predicted molar refractivity (Wildman–Crippen MR) is 185 cm³/mol. The van der Waals surface area contributed by atoms with E-state index in [4.69, 9.17) is 27.7 Å². The molecule has 0 bridgehead atoms. The van der Waals surface area contributed by atoms with Gasteiger partial charge in [-0.25, -0.2) is 0 Å². The number of aliphatic hydroxyl groups is 1. The van der Waals surface area contributed by atoms with Crippen LogP contribution in [0.1, 0.15) is 52.5 Å². The van der Waals surface area contributed by atoms with Crippen molar-refractivity contribution in [2.45, 2.75) is 46.3 Å². The van der Waals surface area contributed by atoms with Gasteiger partial charge in [0.2, 0.25) is 5.91 Å². The van der Waals surface area contributed by atoms with Crippen molar-refractivity contribution in [1.82, 2.24) is 4.90 Å². The predicted octanol–water partition coefficient (Wildman–Crippen LogP) is 4.95. The number of nitrogens with two attached hydrogens (primary N) is 1. The average molecular weight is 644 g/mol. The number of hydrogen-bond donors (Lipinski definition) is 4. The van der Waals surface area contributed by atoms with Gasteiger partial charge < -0.3 is 20.6 Å². The second-order valence-electron chi connectivity index (χ2n) is 11.2. The Labute approximate surface area is 273 Å². The Kier molecular flexibility index (Phi) is 10.0. The van der Waals surface area contributed by atoms with E-state index >= 15 is 0 Å². The summed E-state index contributed by atoms with van der Waals surface area (Å²) in [5, 5.41) is 29.1. The second-order valence-corrected chi connectivity index (χ2v) is 12.8. The van der Waals surface area contributed by atoms with Crippen molar-refractivity contribution < 1.29 is 9.90 Å². The molecule has 0 saturated carbocycles. The molecule has 234 valence electrons. The lowest BCUT2D eigenvalue weighted by molar-refractivity contribution is -0.131. The summed E-state index contributed by atoms with van der Waals surface area (Å²) in [5.41, 5.74) is 11.6. The summed E-state index contributed by atoms with van der Waals surface area (Å²) < 4.78 is 0. The molecule has 5 rings (SSSR count). The molecule has 1 atom stereocenters. The van der Waals surface area contributed by atoms with Gasteiger partial charge in [0.25, 0.3) is 0 Å². The fourth-order valence-corrected chi connectivity index (χ4v) is 7.00. The lowest BCUT2D eigenvalue weighted by Gasteiger charge is -2.37. The summed E-state index contributed by atoms with van der Waals surface area (Å²) in [4.78, 5) is 25.6. The number of fused-ring (bicyclic) bond motifs is 1. The topological polar surface area (TPSA) is 133 Å². The van der Waals surface area contributed by atoms with Crippen molar-refractivity contribution in [2.75, 3.05) is 42.5 Å². The summed E-state index contributed by atoms with van der Waals surface area (Å²) >= 11 is 7.74. The zero-order chi connectivity index (χ0) is 32.2. The third kappa shape index (κ3) is 6.82. The number of aliphatic imine (C=N–C) groups is 1. The Balaban J connectivity index is 1.36. The van der Waals surface area contributed by atoms with E-state index < -0.39 is 6.04 Å². The van der Waals surface area contributed by atoms with Crippen LogP contribution >= 0.6 is 22.9 Å². The Hall–Kier alpha value is -4.01. The highest BCUT2D eigenvalue weighted by Crippen LogP contribution is 2.40. The largest absolute Gasteiger partial charge is 0.392 e. The molecule has 5 N–H and O–H groups in total. The maximum absolute atomic E-state index is 13.7. The van der Waals surface area contributed by atoms with Crippen LogP contribution < -0.4 is 15.5 Å². The number of amides is 1. The van der Waals surface area contributed by atoms with E-state index in [2.05, 4.69) is 16.7 Å². The molecule has 0 radical (unpaired) electrons. The highest BCUT2D eigenvalue weighted by molar-refractivity contribution is 7.17.